The van der Waals surface area contributed by atoms with E-state index < -0.39 is 0 Å². The van der Waals surface area contributed by atoms with Crippen molar-refractivity contribution in [1.29, 1.82) is 0 Å². The number of ketones is 1. The number of hydrogen-bond donors (Lipinski definition) is 1. The van der Waals surface area contributed by atoms with Gasteiger partial charge < -0.3 is 5.32 Å². The maximum absolute atomic E-state index is 12.4. The maximum Gasteiger partial charge on any atom is 0.144 e. The zero-order chi connectivity index (χ0) is 13.2. The van der Waals surface area contributed by atoms with Crippen molar-refractivity contribution in [3.8, 4) is 0 Å². The van der Waals surface area contributed by atoms with E-state index in [1.165, 1.54) is 11.1 Å². The first-order chi connectivity index (χ1) is 8.51. The normalized spacial score (nSPS) is 23.9. The van der Waals surface area contributed by atoms with Gasteiger partial charge in [-0.25, -0.2) is 0 Å². The van der Waals surface area contributed by atoms with E-state index in [0.717, 1.165) is 31.5 Å². The lowest BCUT2D eigenvalue weighted by Crippen LogP contribution is -2.44. The molecule has 0 aromatic heterocycles. The lowest BCUT2D eigenvalue weighted by atomic mass is 9.77. The molecule has 0 aliphatic carbocycles. The van der Waals surface area contributed by atoms with Crippen LogP contribution < -0.4 is 5.32 Å². The predicted octanol–water partition coefficient (Wildman–Crippen LogP) is 2.80. The van der Waals surface area contributed by atoms with Crippen LogP contribution >= 0.6 is 0 Å². The van der Waals surface area contributed by atoms with Crippen molar-refractivity contribution in [2.24, 2.45) is 5.41 Å². The Hall–Kier alpha value is -1.15. The van der Waals surface area contributed by atoms with Gasteiger partial charge in [-0.3, -0.25) is 4.79 Å². The zero-order valence-electron chi connectivity index (χ0n) is 11.7. The third-order valence-electron chi connectivity index (χ3n) is 4.21. The fourth-order valence-electron chi connectivity index (χ4n) is 2.61. The Labute approximate surface area is 110 Å². The van der Waals surface area contributed by atoms with Crippen LogP contribution in [0.4, 0.5) is 0 Å². The summed E-state index contributed by atoms with van der Waals surface area (Å²) in [6.07, 6.45) is 2.69. The van der Waals surface area contributed by atoms with Crippen LogP contribution in [0, 0.1) is 19.3 Å². The smallest absolute Gasteiger partial charge is 0.144 e. The van der Waals surface area contributed by atoms with Gasteiger partial charge in [0.05, 0.1) is 0 Å². The first kappa shape index (κ1) is 13.3. The topological polar surface area (TPSA) is 29.1 Å². The molecule has 2 nitrogen and oxygen atoms in total. The average molecular weight is 245 g/mol. The molecular formula is C16H23NO. The minimum Gasteiger partial charge on any atom is -0.316 e. The minimum atomic E-state index is -0.170. The summed E-state index contributed by atoms with van der Waals surface area (Å²) >= 11 is 0. The molecule has 0 radical (unpaired) electrons. The lowest BCUT2D eigenvalue weighted by Gasteiger charge is -2.32. The summed E-state index contributed by atoms with van der Waals surface area (Å²) < 4.78 is 0. The van der Waals surface area contributed by atoms with Gasteiger partial charge in [0.25, 0.3) is 0 Å². The van der Waals surface area contributed by atoms with E-state index in [0.29, 0.717) is 12.2 Å². The first-order valence-corrected chi connectivity index (χ1v) is 6.81. The van der Waals surface area contributed by atoms with Gasteiger partial charge in [-0.2, -0.15) is 0 Å². The van der Waals surface area contributed by atoms with Gasteiger partial charge in [0.15, 0.2) is 0 Å². The van der Waals surface area contributed by atoms with Gasteiger partial charge in [0, 0.05) is 18.4 Å². The van der Waals surface area contributed by atoms with Crippen molar-refractivity contribution in [2.75, 3.05) is 13.1 Å². The number of Topliss-reactive ketones (excluding diaryl/α,β-unsaturated/α-hetero) is 1. The van der Waals surface area contributed by atoms with Gasteiger partial charge in [0.2, 0.25) is 0 Å². The second-order valence-electron chi connectivity index (χ2n) is 5.86. The van der Waals surface area contributed by atoms with Crippen LogP contribution in [-0.2, 0) is 11.2 Å². The first-order valence-electron chi connectivity index (χ1n) is 6.81. The van der Waals surface area contributed by atoms with Gasteiger partial charge in [0.1, 0.15) is 5.78 Å². The Morgan fingerprint density at radius 3 is 2.72 bits per heavy atom. The van der Waals surface area contributed by atoms with E-state index in [4.69, 9.17) is 0 Å². The molecule has 1 fully saturated rings. The third kappa shape index (κ3) is 2.81. The van der Waals surface area contributed by atoms with Crippen LogP contribution in [-0.4, -0.2) is 18.9 Å². The molecule has 1 aromatic rings. The molecule has 0 bridgehead atoms. The van der Waals surface area contributed by atoms with Crippen LogP contribution in [0.1, 0.15) is 36.5 Å². The number of carbonyl (C=O) groups excluding carboxylic acids is 1. The molecule has 98 valence electrons. The molecule has 1 aromatic carbocycles. The minimum absolute atomic E-state index is 0.170. The highest BCUT2D eigenvalue weighted by molar-refractivity contribution is 5.86. The molecule has 0 spiro atoms. The zero-order valence-corrected chi connectivity index (χ0v) is 11.7. The van der Waals surface area contributed by atoms with Crippen LogP contribution in [0.3, 0.4) is 0 Å². The Balaban J connectivity index is 2.08. The highest BCUT2D eigenvalue weighted by atomic mass is 16.1. The molecular weight excluding hydrogens is 222 g/mol. The molecule has 1 N–H and O–H groups in total. The van der Waals surface area contributed by atoms with E-state index in [1.54, 1.807) is 0 Å². The van der Waals surface area contributed by atoms with Crippen molar-refractivity contribution in [1.82, 2.24) is 5.32 Å². The van der Waals surface area contributed by atoms with Crippen molar-refractivity contribution >= 4 is 5.78 Å². The Morgan fingerprint density at radius 1 is 1.33 bits per heavy atom. The van der Waals surface area contributed by atoms with Crippen LogP contribution in [0.5, 0.6) is 0 Å². The molecule has 1 atom stereocenters. The van der Waals surface area contributed by atoms with Crippen molar-refractivity contribution < 1.29 is 4.79 Å². The van der Waals surface area contributed by atoms with E-state index in [2.05, 4.69) is 44.3 Å². The summed E-state index contributed by atoms with van der Waals surface area (Å²) in [6.45, 7) is 8.19. The molecule has 1 heterocycles. The number of piperidine rings is 1. The van der Waals surface area contributed by atoms with Crippen LogP contribution in [0.2, 0.25) is 0 Å². The monoisotopic (exact) mass is 245 g/mol. The Kier molecular flexibility index (Phi) is 3.86. The summed E-state index contributed by atoms with van der Waals surface area (Å²) in [5, 5.41) is 3.34. The quantitative estimate of drug-likeness (QED) is 0.887. The van der Waals surface area contributed by atoms with E-state index in [1.807, 2.05) is 0 Å². The molecule has 1 saturated heterocycles. The van der Waals surface area contributed by atoms with E-state index in [-0.39, 0.29) is 5.41 Å². The molecule has 0 amide bonds. The molecule has 1 unspecified atom stereocenters. The summed E-state index contributed by atoms with van der Waals surface area (Å²) in [6, 6.07) is 6.34. The van der Waals surface area contributed by atoms with Gasteiger partial charge >= 0.3 is 0 Å². The second kappa shape index (κ2) is 5.23. The standard InChI is InChI=1S/C16H23NO/c1-12-5-6-14(9-13(12)2)10-15(18)16(3)7-4-8-17-11-16/h5-6,9,17H,4,7-8,10-11H2,1-3H3. The number of benzene rings is 1. The molecule has 2 heteroatoms. The maximum atomic E-state index is 12.4. The SMILES string of the molecule is Cc1ccc(CC(=O)C2(C)CCCNC2)cc1C. The summed E-state index contributed by atoms with van der Waals surface area (Å²) in [7, 11) is 0. The second-order valence-corrected chi connectivity index (χ2v) is 5.86. The van der Waals surface area contributed by atoms with Crippen molar-refractivity contribution in [3.63, 3.8) is 0 Å². The molecule has 1 aliphatic rings. The molecule has 1 aliphatic heterocycles. The fraction of sp³-hybridized carbons (Fsp3) is 0.562. The van der Waals surface area contributed by atoms with Gasteiger partial charge in [-0.05, 0) is 49.9 Å². The lowest BCUT2D eigenvalue weighted by molar-refractivity contribution is -0.128. The highest BCUT2D eigenvalue weighted by Crippen LogP contribution is 2.28. The van der Waals surface area contributed by atoms with E-state index in [9.17, 15) is 4.79 Å². The number of aryl methyl sites for hydroxylation is 2. The average Bonchev–Trinajstić information content (AvgIpc) is 2.35. The summed E-state index contributed by atoms with van der Waals surface area (Å²) in [5.74, 6) is 0.373. The number of hydrogen-bond acceptors (Lipinski definition) is 2. The number of rotatable bonds is 3. The van der Waals surface area contributed by atoms with Gasteiger partial charge in [-0.15, -0.1) is 0 Å². The third-order valence-corrected chi connectivity index (χ3v) is 4.21. The Bertz CT molecular complexity index is 444. The summed E-state index contributed by atoms with van der Waals surface area (Å²) in [4.78, 5) is 12.4. The van der Waals surface area contributed by atoms with Crippen molar-refractivity contribution in [3.05, 3.63) is 34.9 Å². The Morgan fingerprint density at radius 2 is 2.11 bits per heavy atom. The number of nitrogens with one attached hydrogen (secondary N) is 1. The van der Waals surface area contributed by atoms with E-state index >= 15 is 0 Å². The summed E-state index contributed by atoms with van der Waals surface area (Å²) in [5.41, 5.74) is 3.54. The molecule has 2 rings (SSSR count). The fourth-order valence-corrected chi connectivity index (χ4v) is 2.61. The molecule has 0 saturated carbocycles. The van der Waals surface area contributed by atoms with Crippen molar-refractivity contribution in [2.45, 2.75) is 40.0 Å². The largest absolute Gasteiger partial charge is 0.316 e. The highest BCUT2D eigenvalue weighted by Gasteiger charge is 2.33. The van der Waals surface area contributed by atoms with Crippen LogP contribution in [0.15, 0.2) is 18.2 Å². The molecule has 18 heavy (non-hydrogen) atoms. The predicted molar refractivity (Wildman–Crippen MR) is 74.8 cm³/mol. The van der Waals surface area contributed by atoms with Gasteiger partial charge in [-0.1, -0.05) is 25.1 Å². The van der Waals surface area contributed by atoms with Crippen LogP contribution in [0.25, 0.3) is 0 Å². The number of carbonyl (C=O) groups is 1.